The lowest BCUT2D eigenvalue weighted by molar-refractivity contribution is 0.0146. The minimum absolute atomic E-state index is 0.0393. The summed E-state index contributed by atoms with van der Waals surface area (Å²) in [6.07, 6.45) is -1.48. The number of rotatable bonds is 8. The summed E-state index contributed by atoms with van der Waals surface area (Å²) in [5.74, 6) is -1.77. The first-order chi connectivity index (χ1) is 9.02. The van der Waals surface area contributed by atoms with Gasteiger partial charge in [-0.15, -0.1) is 0 Å². The van der Waals surface area contributed by atoms with Crippen LogP contribution in [0.5, 0.6) is 0 Å². The molecule has 1 unspecified atom stereocenters. The van der Waals surface area contributed by atoms with Gasteiger partial charge in [0.2, 0.25) is 0 Å². The third-order valence-electron chi connectivity index (χ3n) is 2.73. The van der Waals surface area contributed by atoms with Crippen molar-refractivity contribution in [3.8, 4) is 0 Å². The Bertz CT molecular complexity index is 387. The number of benzene rings is 1. The van der Waals surface area contributed by atoms with Crippen LogP contribution in [0.2, 0.25) is 0 Å². The molecule has 0 fully saturated rings. The molecule has 0 aromatic heterocycles. The molecule has 1 rings (SSSR count). The van der Waals surface area contributed by atoms with E-state index in [9.17, 15) is 17.6 Å². The van der Waals surface area contributed by atoms with Crippen molar-refractivity contribution in [3.63, 3.8) is 0 Å². The van der Waals surface area contributed by atoms with Gasteiger partial charge in [-0.3, -0.25) is 0 Å². The Balaban J connectivity index is 2.40. The van der Waals surface area contributed by atoms with Gasteiger partial charge in [0.1, 0.15) is 6.61 Å². The van der Waals surface area contributed by atoms with Gasteiger partial charge in [0.05, 0.1) is 0 Å². The summed E-state index contributed by atoms with van der Waals surface area (Å²) >= 11 is 0. The van der Waals surface area contributed by atoms with Crippen molar-refractivity contribution in [3.05, 3.63) is 35.4 Å². The van der Waals surface area contributed by atoms with Crippen LogP contribution >= 0.6 is 0 Å². The largest absolute Gasteiger partial charge is 0.375 e. The molecule has 1 aromatic carbocycles. The summed E-state index contributed by atoms with van der Waals surface area (Å²) in [6, 6.07) is 3.68. The molecule has 1 atom stereocenters. The van der Waals surface area contributed by atoms with Crippen LogP contribution in [0.1, 0.15) is 12.0 Å². The third kappa shape index (κ3) is 6.02. The molecule has 0 saturated heterocycles. The summed E-state index contributed by atoms with van der Waals surface area (Å²) in [7, 11) is 1.72. The lowest BCUT2D eigenvalue weighted by Crippen LogP contribution is -2.29. The van der Waals surface area contributed by atoms with Gasteiger partial charge in [-0.2, -0.15) is 0 Å². The number of hydrogen-bond acceptors (Lipinski definition) is 2. The first kappa shape index (κ1) is 15.9. The first-order valence-corrected chi connectivity index (χ1v) is 6.00. The van der Waals surface area contributed by atoms with E-state index in [4.69, 9.17) is 4.74 Å². The highest BCUT2D eigenvalue weighted by atomic mass is 19.3. The molecule has 19 heavy (non-hydrogen) atoms. The highest BCUT2D eigenvalue weighted by Crippen LogP contribution is 2.11. The number of hydrogen-bond donors (Lipinski definition) is 1. The highest BCUT2D eigenvalue weighted by Gasteiger charge is 2.10. The van der Waals surface area contributed by atoms with E-state index in [1.54, 1.807) is 7.05 Å². The van der Waals surface area contributed by atoms with E-state index in [0.717, 1.165) is 12.1 Å². The summed E-state index contributed by atoms with van der Waals surface area (Å²) in [6.45, 7) is -0.388. The summed E-state index contributed by atoms with van der Waals surface area (Å²) < 4.78 is 54.3. The molecule has 0 spiro atoms. The van der Waals surface area contributed by atoms with E-state index in [2.05, 4.69) is 5.32 Å². The molecular formula is C13H17F4NO. The van der Waals surface area contributed by atoms with Crippen LogP contribution in [0.25, 0.3) is 0 Å². The molecule has 0 amide bonds. The number of ether oxygens (including phenoxy) is 1. The molecule has 0 radical (unpaired) electrons. The third-order valence-corrected chi connectivity index (χ3v) is 2.73. The average molecular weight is 279 g/mol. The van der Waals surface area contributed by atoms with Crippen molar-refractivity contribution >= 4 is 0 Å². The average Bonchev–Trinajstić information content (AvgIpc) is 2.37. The van der Waals surface area contributed by atoms with Crippen molar-refractivity contribution in [1.82, 2.24) is 5.32 Å². The fourth-order valence-electron chi connectivity index (χ4n) is 1.70. The molecule has 1 N–H and O–H groups in total. The van der Waals surface area contributed by atoms with Crippen LogP contribution in [0, 0.1) is 11.6 Å². The van der Waals surface area contributed by atoms with Crippen LogP contribution in [-0.4, -0.2) is 32.7 Å². The molecule has 0 saturated carbocycles. The van der Waals surface area contributed by atoms with Crippen LogP contribution in [0.15, 0.2) is 18.2 Å². The molecule has 0 aliphatic heterocycles. The van der Waals surface area contributed by atoms with E-state index in [1.807, 2.05) is 0 Å². The second kappa shape index (κ2) is 8.12. The fraction of sp³-hybridized carbons (Fsp3) is 0.538. The van der Waals surface area contributed by atoms with Gasteiger partial charge in [-0.1, -0.05) is 6.07 Å². The predicted octanol–water partition coefficient (Wildman–Crippen LogP) is 2.77. The van der Waals surface area contributed by atoms with Crippen LogP contribution < -0.4 is 5.32 Å². The normalized spacial score (nSPS) is 12.9. The molecule has 0 aliphatic carbocycles. The zero-order chi connectivity index (χ0) is 14.3. The van der Waals surface area contributed by atoms with Crippen molar-refractivity contribution in [2.24, 2.45) is 0 Å². The lowest BCUT2D eigenvalue weighted by atomic mass is 10.0. The Hall–Kier alpha value is -1.14. The molecule has 0 heterocycles. The maximum absolute atomic E-state index is 13.0. The fourth-order valence-corrected chi connectivity index (χ4v) is 1.70. The Labute approximate surface area is 109 Å². The molecule has 6 heteroatoms. The monoisotopic (exact) mass is 279 g/mol. The first-order valence-electron chi connectivity index (χ1n) is 6.00. The zero-order valence-corrected chi connectivity index (χ0v) is 10.6. The number of alkyl halides is 2. The van der Waals surface area contributed by atoms with E-state index >= 15 is 0 Å². The van der Waals surface area contributed by atoms with Gasteiger partial charge in [0.15, 0.2) is 11.6 Å². The molecule has 2 nitrogen and oxygen atoms in total. The Morgan fingerprint density at radius 2 is 1.95 bits per heavy atom. The van der Waals surface area contributed by atoms with Gasteiger partial charge in [0, 0.05) is 12.6 Å². The Morgan fingerprint density at radius 3 is 2.53 bits per heavy atom. The van der Waals surface area contributed by atoms with E-state index < -0.39 is 24.7 Å². The van der Waals surface area contributed by atoms with Gasteiger partial charge in [-0.05, 0) is 37.6 Å². The van der Waals surface area contributed by atoms with E-state index in [0.29, 0.717) is 18.4 Å². The highest BCUT2D eigenvalue weighted by molar-refractivity contribution is 5.18. The summed E-state index contributed by atoms with van der Waals surface area (Å²) in [4.78, 5) is 0. The zero-order valence-electron chi connectivity index (χ0n) is 10.6. The van der Waals surface area contributed by atoms with Gasteiger partial charge in [-0.25, -0.2) is 17.6 Å². The number of nitrogens with one attached hydrogen (secondary N) is 1. The number of likely N-dealkylation sites (N-methyl/N-ethyl adjacent to an activating group) is 1. The topological polar surface area (TPSA) is 21.3 Å². The summed E-state index contributed by atoms with van der Waals surface area (Å²) in [5.41, 5.74) is 0.645. The predicted molar refractivity (Wildman–Crippen MR) is 64.3 cm³/mol. The molecule has 1 aromatic rings. The van der Waals surface area contributed by atoms with Crippen molar-refractivity contribution in [2.45, 2.75) is 25.3 Å². The summed E-state index contributed by atoms with van der Waals surface area (Å²) in [5, 5.41) is 2.99. The Kier molecular flexibility index (Phi) is 6.80. The standard InChI is InChI=1S/C13H17F4NO/c1-18-10(4-5-19-8-13(16)17)6-9-2-3-11(14)12(15)7-9/h2-3,7,10,13,18H,4-6,8H2,1H3. The smallest absolute Gasteiger partial charge is 0.261 e. The van der Waals surface area contributed by atoms with Crippen LogP contribution in [0.4, 0.5) is 17.6 Å². The van der Waals surface area contributed by atoms with E-state index in [-0.39, 0.29) is 12.6 Å². The molecule has 0 aliphatic rings. The van der Waals surface area contributed by atoms with Gasteiger partial charge in [0.25, 0.3) is 6.43 Å². The lowest BCUT2D eigenvalue weighted by Gasteiger charge is -2.16. The SMILES string of the molecule is CNC(CCOCC(F)F)Cc1ccc(F)c(F)c1. The molecular weight excluding hydrogens is 262 g/mol. The minimum atomic E-state index is -2.47. The second-order valence-electron chi connectivity index (χ2n) is 4.19. The Morgan fingerprint density at radius 1 is 1.21 bits per heavy atom. The molecule has 108 valence electrons. The maximum atomic E-state index is 13.0. The number of halogens is 4. The van der Waals surface area contributed by atoms with Crippen molar-refractivity contribution in [2.75, 3.05) is 20.3 Å². The maximum Gasteiger partial charge on any atom is 0.261 e. The second-order valence-corrected chi connectivity index (χ2v) is 4.19. The van der Waals surface area contributed by atoms with Crippen molar-refractivity contribution < 1.29 is 22.3 Å². The quantitative estimate of drug-likeness (QED) is 0.583. The molecule has 0 bridgehead atoms. The van der Waals surface area contributed by atoms with Gasteiger partial charge >= 0.3 is 0 Å². The van der Waals surface area contributed by atoms with Crippen molar-refractivity contribution in [1.29, 1.82) is 0 Å². The van der Waals surface area contributed by atoms with Crippen LogP contribution in [0.3, 0.4) is 0 Å². The van der Waals surface area contributed by atoms with Gasteiger partial charge < -0.3 is 10.1 Å². The minimum Gasteiger partial charge on any atom is -0.375 e. The van der Waals surface area contributed by atoms with E-state index in [1.165, 1.54) is 6.07 Å². The van der Waals surface area contributed by atoms with Crippen LogP contribution in [-0.2, 0) is 11.2 Å².